The van der Waals surface area contributed by atoms with Gasteiger partial charge in [-0.25, -0.2) is 0 Å². The van der Waals surface area contributed by atoms with E-state index in [0.717, 1.165) is 12.8 Å². The number of hydrogen-bond donors (Lipinski definition) is 2. The van der Waals surface area contributed by atoms with Crippen LogP contribution in [-0.2, 0) is 7.05 Å². The Bertz CT molecular complexity index is 529. The average molecular weight is 315 g/mol. The number of rotatable bonds is 3. The maximum atomic E-state index is 12.6. The molecule has 6 nitrogen and oxygen atoms in total. The smallest absolute Gasteiger partial charge is 0.270 e. The van der Waals surface area contributed by atoms with Gasteiger partial charge >= 0.3 is 0 Å². The lowest BCUT2D eigenvalue weighted by Gasteiger charge is -2.38. The Hall–Kier alpha value is -1.53. The molecule has 2 unspecified atom stereocenters. The van der Waals surface area contributed by atoms with Gasteiger partial charge in [-0.05, 0) is 24.8 Å². The lowest BCUT2D eigenvalue weighted by molar-refractivity contribution is 0.0564. The van der Waals surface area contributed by atoms with Gasteiger partial charge in [-0.2, -0.15) is 0 Å². The average Bonchev–Trinajstić information content (AvgIpc) is 2.80. The molecule has 2 amide bonds. The summed E-state index contributed by atoms with van der Waals surface area (Å²) in [5.74, 6) is -0.0214. The van der Waals surface area contributed by atoms with Crippen molar-refractivity contribution in [2.75, 3.05) is 13.1 Å². The molecule has 0 radical (unpaired) electrons. The molecule has 0 aromatic carbocycles. The van der Waals surface area contributed by atoms with Gasteiger partial charge in [-0.3, -0.25) is 9.59 Å². The SMILES string of the molecule is CC1CCN(C(=O)c2cc(C(N)=O)cn2C)C(CN)C1.Cl. The molecular weight excluding hydrogens is 292 g/mol. The van der Waals surface area contributed by atoms with Crippen molar-refractivity contribution < 1.29 is 9.59 Å². The molecular formula is C14H23ClN4O2. The highest BCUT2D eigenvalue weighted by molar-refractivity contribution is 5.98. The summed E-state index contributed by atoms with van der Waals surface area (Å²) >= 11 is 0. The molecule has 0 spiro atoms. The Morgan fingerprint density at radius 1 is 1.43 bits per heavy atom. The van der Waals surface area contributed by atoms with Gasteiger partial charge in [-0.1, -0.05) is 6.92 Å². The van der Waals surface area contributed by atoms with Crippen LogP contribution in [0.5, 0.6) is 0 Å². The standard InChI is InChI=1S/C14H22N4O2.ClH/c1-9-3-4-18(11(5-9)7-15)14(20)12-6-10(13(16)19)8-17(12)2;/h6,8-9,11H,3-5,7,15H2,1-2H3,(H2,16,19);1H. The van der Waals surface area contributed by atoms with Crippen LogP contribution in [0.4, 0.5) is 0 Å². The molecule has 7 heteroatoms. The van der Waals surface area contributed by atoms with E-state index in [2.05, 4.69) is 6.92 Å². The molecule has 1 aromatic heterocycles. The van der Waals surface area contributed by atoms with E-state index < -0.39 is 5.91 Å². The van der Waals surface area contributed by atoms with Crippen LogP contribution in [0.1, 0.15) is 40.6 Å². The van der Waals surface area contributed by atoms with Crippen molar-refractivity contribution in [3.05, 3.63) is 23.5 Å². The predicted octanol–water partition coefficient (Wildman–Crippen LogP) is 0.745. The molecule has 1 saturated heterocycles. The zero-order valence-electron chi connectivity index (χ0n) is 12.4. The highest BCUT2D eigenvalue weighted by Gasteiger charge is 2.30. The molecule has 4 N–H and O–H groups in total. The van der Waals surface area contributed by atoms with Crippen molar-refractivity contribution in [3.63, 3.8) is 0 Å². The van der Waals surface area contributed by atoms with Crippen LogP contribution in [0.3, 0.4) is 0 Å². The number of hydrogen-bond acceptors (Lipinski definition) is 3. The molecule has 21 heavy (non-hydrogen) atoms. The van der Waals surface area contributed by atoms with E-state index in [1.165, 1.54) is 0 Å². The quantitative estimate of drug-likeness (QED) is 0.861. The minimum Gasteiger partial charge on any atom is -0.366 e. The minimum absolute atomic E-state index is 0. The van der Waals surface area contributed by atoms with E-state index in [1.807, 2.05) is 4.90 Å². The van der Waals surface area contributed by atoms with Crippen molar-refractivity contribution in [1.82, 2.24) is 9.47 Å². The van der Waals surface area contributed by atoms with Crippen molar-refractivity contribution in [2.45, 2.75) is 25.8 Å². The van der Waals surface area contributed by atoms with E-state index in [-0.39, 0.29) is 24.4 Å². The molecule has 0 aliphatic carbocycles. The van der Waals surface area contributed by atoms with E-state index >= 15 is 0 Å². The summed E-state index contributed by atoms with van der Waals surface area (Å²) < 4.78 is 1.65. The van der Waals surface area contributed by atoms with E-state index in [0.29, 0.717) is 30.3 Å². The highest BCUT2D eigenvalue weighted by atomic mass is 35.5. The third-order valence-corrected chi connectivity index (χ3v) is 4.02. The first kappa shape index (κ1) is 17.5. The monoisotopic (exact) mass is 314 g/mol. The van der Waals surface area contributed by atoms with Crippen molar-refractivity contribution in [2.24, 2.45) is 24.4 Å². The van der Waals surface area contributed by atoms with E-state index in [4.69, 9.17) is 11.5 Å². The first-order valence-corrected chi connectivity index (χ1v) is 6.91. The number of aromatic nitrogens is 1. The van der Waals surface area contributed by atoms with Crippen LogP contribution in [0.25, 0.3) is 0 Å². The zero-order valence-corrected chi connectivity index (χ0v) is 13.2. The number of amides is 2. The van der Waals surface area contributed by atoms with Crippen molar-refractivity contribution in [1.29, 1.82) is 0 Å². The van der Waals surface area contributed by atoms with Gasteiger partial charge in [-0.15, -0.1) is 12.4 Å². The van der Waals surface area contributed by atoms with Crippen LogP contribution >= 0.6 is 12.4 Å². The minimum atomic E-state index is -0.526. The Balaban J connectivity index is 0.00000220. The summed E-state index contributed by atoms with van der Waals surface area (Å²) in [7, 11) is 1.74. The fraction of sp³-hybridized carbons (Fsp3) is 0.571. The number of aryl methyl sites for hydroxylation is 1. The summed E-state index contributed by atoms with van der Waals surface area (Å²) in [5.41, 5.74) is 11.9. The maximum Gasteiger partial charge on any atom is 0.270 e. The van der Waals surface area contributed by atoms with Gasteiger partial charge in [0.15, 0.2) is 0 Å². The molecule has 0 saturated carbocycles. The molecule has 1 aliphatic heterocycles. The second-order valence-corrected chi connectivity index (χ2v) is 5.61. The number of primary amides is 1. The van der Waals surface area contributed by atoms with Crippen LogP contribution in [0.2, 0.25) is 0 Å². The van der Waals surface area contributed by atoms with Gasteiger partial charge < -0.3 is 20.9 Å². The summed E-state index contributed by atoms with van der Waals surface area (Å²) in [6.07, 6.45) is 3.49. The molecule has 2 rings (SSSR count). The normalized spacial score (nSPS) is 21.8. The number of nitrogens with two attached hydrogens (primary N) is 2. The highest BCUT2D eigenvalue weighted by Crippen LogP contribution is 2.24. The topological polar surface area (TPSA) is 94.3 Å². The fourth-order valence-electron chi connectivity index (χ4n) is 2.80. The van der Waals surface area contributed by atoms with Gasteiger partial charge in [0.25, 0.3) is 5.91 Å². The Morgan fingerprint density at radius 2 is 2.10 bits per heavy atom. The van der Waals surface area contributed by atoms with Gasteiger partial charge in [0.05, 0.1) is 5.56 Å². The van der Waals surface area contributed by atoms with Gasteiger partial charge in [0.1, 0.15) is 5.69 Å². The molecule has 1 fully saturated rings. The first-order valence-electron chi connectivity index (χ1n) is 6.91. The second-order valence-electron chi connectivity index (χ2n) is 5.61. The molecule has 2 heterocycles. The molecule has 0 bridgehead atoms. The fourth-order valence-corrected chi connectivity index (χ4v) is 2.80. The van der Waals surface area contributed by atoms with Gasteiger partial charge in [0, 0.05) is 32.4 Å². The Morgan fingerprint density at radius 3 is 2.62 bits per heavy atom. The predicted molar refractivity (Wildman–Crippen MR) is 83.5 cm³/mol. The molecule has 1 aliphatic rings. The number of carbonyl (C=O) groups is 2. The molecule has 118 valence electrons. The Labute approximate surface area is 130 Å². The number of nitrogens with zero attached hydrogens (tertiary/aromatic N) is 2. The lowest BCUT2D eigenvalue weighted by Crippen LogP contribution is -2.49. The van der Waals surface area contributed by atoms with Crippen molar-refractivity contribution in [3.8, 4) is 0 Å². The van der Waals surface area contributed by atoms with E-state index in [1.54, 1.807) is 23.9 Å². The van der Waals surface area contributed by atoms with Crippen LogP contribution in [0, 0.1) is 5.92 Å². The summed E-state index contributed by atoms with van der Waals surface area (Å²) in [6.45, 7) is 3.35. The Kier molecular flexibility index (Phi) is 5.80. The first-order chi connectivity index (χ1) is 9.43. The third kappa shape index (κ3) is 3.57. The number of likely N-dealkylation sites (tertiary alicyclic amines) is 1. The third-order valence-electron chi connectivity index (χ3n) is 4.02. The van der Waals surface area contributed by atoms with Crippen LogP contribution < -0.4 is 11.5 Å². The maximum absolute atomic E-state index is 12.6. The second kappa shape index (κ2) is 6.95. The zero-order chi connectivity index (χ0) is 14.9. The lowest BCUT2D eigenvalue weighted by atomic mass is 9.92. The summed E-state index contributed by atoms with van der Waals surface area (Å²) in [4.78, 5) is 25.6. The summed E-state index contributed by atoms with van der Waals surface area (Å²) in [5, 5.41) is 0. The number of carbonyl (C=O) groups excluding carboxylic acids is 2. The van der Waals surface area contributed by atoms with Crippen LogP contribution in [-0.4, -0.2) is 40.4 Å². The van der Waals surface area contributed by atoms with Crippen LogP contribution in [0.15, 0.2) is 12.3 Å². The van der Waals surface area contributed by atoms with E-state index in [9.17, 15) is 9.59 Å². The number of halogens is 1. The number of piperidine rings is 1. The molecule has 2 atom stereocenters. The summed E-state index contributed by atoms with van der Waals surface area (Å²) in [6, 6.07) is 1.62. The van der Waals surface area contributed by atoms with Crippen molar-refractivity contribution >= 4 is 24.2 Å². The molecule has 1 aromatic rings. The van der Waals surface area contributed by atoms with Gasteiger partial charge in [0.2, 0.25) is 5.91 Å². The largest absolute Gasteiger partial charge is 0.366 e.